The first kappa shape index (κ1) is 12.5. The van der Waals surface area contributed by atoms with Crippen molar-refractivity contribution in [2.75, 3.05) is 13.6 Å². The fourth-order valence-corrected chi connectivity index (χ4v) is 1.39. The lowest BCUT2D eigenvalue weighted by atomic mass is 10.2. The van der Waals surface area contributed by atoms with Crippen LogP contribution < -0.4 is 5.73 Å². The number of carbonyl (C=O) groups is 1. The molecule has 1 aromatic rings. The van der Waals surface area contributed by atoms with Gasteiger partial charge in [0.2, 0.25) is 0 Å². The van der Waals surface area contributed by atoms with Gasteiger partial charge in [0.25, 0.3) is 5.91 Å². The van der Waals surface area contributed by atoms with Crippen LogP contribution in [0, 0.1) is 0 Å². The van der Waals surface area contributed by atoms with Crippen LogP contribution in [0.3, 0.4) is 0 Å². The number of furan rings is 1. The van der Waals surface area contributed by atoms with Gasteiger partial charge in [0.1, 0.15) is 12.0 Å². The van der Waals surface area contributed by atoms with Crippen molar-refractivity contribution in [1.82, 2.24) is 4.90 Å². The summed E-state index contributed by atoms with van der Waals surface area (Å²) in [5.74, 6) is 0.593. The lowest BCUT2D eigenvalue weighted by Crippen LogP contribution is -2.27. The third kappa shape index (κ3) is 3.24. The average Bonchev–Trinajstić information content (AvgIpc) is 2.76. The highest BCUT2D eigenvalue weighted by molar-refractivity contribution is 5.93. The van der Waals surface area contributed by atoms with Crippen molar-refractivity contribution in [3.8, 4) is 0 Å². The van der Waals surface area contributed by atoms with Crippen molar-refractivity contribution in [3.63, 3.8) is 0 Å². The van der Waals surface area contributed by atoms with Gasteiger partial charge in [-0.3, -0.25) is 4.79 Å². The van der Waals surface area contributed by atoms with Crippen LogP contribution >= 0.6 is 0 Å². The summed E-state index contributed by atoms with van der Waals surface area (Å²) in [5.41, 5.74) is 5.96. The van der Waals surface area contributed by atoms with Gasteiger partial charge < -0.3 is 15.1 Å². The molecular weight excluding hydrogens is 204 g/mol. The zero-order valence-corrected chi connectivity index (χ0v) is 9.61. The first-order valence-corrected chi connectivity index (χ1v) is 5.33. The van der Waals surface area contributed by atoms with E-state index in [1.807, 2.05) is 6.08 Å². The van der Waals surface area contributed by atoms with Gasteiger partial charge in [-0.15, -0.1) is 6.58 Å². The Hall–Kier alpha value is -1.55. The Labute approximate surface area is 95.7 Å². The Morgan fingerprint density at radius 2 is 2.44 bits per heavy atom. The predicted octanol–water partition coefficient (Wildman–Crippen LogP) is 1.78. The molecule has 88 valence electrons. The first-order chi connectivity index (χ1) is 7.69. The lowest BCUT2D eigenvalue weighted by molar-refractivity contribution is 0.0793. The van der Waals surface area contributed by atoms with Crippen LogP contribution in [0.15, 0.2) is 29.4 Å². The Bertz CT molecular complexity index is 358. The maximum Gasteiger partial charge on any atom is 0.256 e. The summed E-state index contributed by atoms with van der Waals surface area (Å²) in [7, 11) is 1.78. The molecule has 0 unspecified atom stereocenters. The molecule has 4 nitrogen and oxygen atoms in total. The minimum Gasteiger partial charge on any atom is -0.467 e. The molecule has 2 N–H and O–H groups in total. The molecule has 1 heterocycles. The van der Waals surface area contributed by atoms with E-state index in [0.717, 1.165) is 12.8 Å². The third-order valence-electron chi connectivity index (χ3n) is 2.35. The standard InChI is InChI=1S/C12H18N2O2/c1-3-4-5-6-14(2)12(15)10-7-11(8-13)16-9-10/h3,7,9H,1,4-6,8,13H2,2H3. The van der Waals surface area contributed by atoms with Crippen LogP contribution in [0.25, 0.3) is 0 Å². The van der Waals surface area contributed by atoms with Crippen LogP contribution in [0.1, 0.15) is 29.0 Å². The van der Waals surface area contributed by atoms with Gasteiger partial charge in [0.05, 0.1) is 12.1 Å². The molecule has 0 radical (unpaired) electrons. The van der Waals surface area contributed by atoms with Crippen molar-refractivity contribution in [2.24, 2.45) is 5.73 Å². The normalized spacial score (nSPS) is 10.1. The highest BCUT2D eigenvalue weighted by Gasteiger charge is 2.13. The monoisotopic (exact) mass is 222 g/mol. The number of allylic oxidation sites excluding steroid dienone is 1. The van der Waals surface area contributed by atoms with Gasteiger partial charge in [0.15, 0.2) is 0 Å². The van der Waals surface area contributed by atoms with Gasteiger partial charge in [-0.1, -0.05) is 6.08 Å². The van der Waals surface area contributed by atoms with E-state index < -0.39 is 0 Å². The molecule has 0 bridgehead atoms. The molecule has 4 heteroatoms. The van der Waals surface area contributed by atoms with Gasteiger partial charge in [0, 0.05) is 13.6 Å². The van der Waals surface area contributed by atoms with Gasteiger partial charge in [-0.2, -0.15) is 0 Å². The zero-order valence-electron chi connectivity index (χ0n) is 9.61. The molecule has 0 aliphatic carbocycles. The van der Waals surface area contributed by atoms with Gasteiger partial charge >= 0.3 is 0 Å². The van der Waals surface area contributed by atoms with Crippen LogP contribution in [0.5, 0.6) is 0 Å². The largest absolute Gasteiger partial charge is 0.467 e. The number of hydrogen-bond donors (Lipinski definition) is 1. The smallest absolute Gasteiger partial charge is 0.256 e. The number of nitrogens with zero attached hydrogens (tertiary/aromatic N) is 1. The van der Waals surface area contributed by atoms with Crippen molar-refractivity contribution in [2.45, 2.75) is 19.4 Å². The lowest BCUT2D eigenvalue weighted by Gasteiger charge is -2.15. The molecule has 1 amide bonds. The molecule has 0 aliphatic rings. The number of carbonyl (C=O) groups excluding carboxylic acids is 1. The molecule has 0 fully saturated rings. The summed E-state index contributed by atoms with van der Waals surface area (Å²) in [6.07, 6.45) is 5.14. The van der Waals surface area contributed by atoms with E-state index in [2.05, 4.69) is 6.58 Å². The SMILES string of the molecule is C=CCCCN(C)C(=O)c1coc(CN)c1. The van der Waals surface area contributed by atoms with Crippen LogP contribution in [0.4, 0.5) is 0 Å². The summed E-state index contributed by atoms with van der Waals surface area (Å²) < 4.78 is 5.12. The maximum absolute atomic E-state index is 11.9. The number of unbranched alkanes of at least 4 members (excludes halogenated alkanes) is 1. The highest BCUT2D eigenvalue weighted by Crippen LogP contribution is 2.10. The molecular formula is C12H18N2O2. The maximum atomic E-state index is 11.9. The summed E-state index contributed by atoms with van der Waals surface area (Å²) in [6.45, 7) is 4.67. The highest BCUT2D eigenvalue weighted by atomic mass is 16.3. The second-order valence-electron chi connectivity index (χ2n) is 3.66. The summed E-state index contributed by atoms with van der Waals surface area (Å²) in [6, 6.07) is 1.69. The van der Waals surface area contributed by atoms with Crippen molar-refractivity contribution in [3.05, 3.63) is 36.3 Å². The van der Waals surface area contributed by atoms with E-state index in [1.54, 1.807) is 18.0 Å². The van der Waals surface area contributed by atoms with E-state index in [0.29, 0.717) is 24.4 Å². The Kier molecular flexibility index (Phi) is 4.79. The minimum absolute atomic E-state index is 0.0347. The van der Waals surface area contributed by atoms with E-state index in [-0.39, 0.29) is 5.91 Å². The number of nitrogens with two attached hydrogens (primary N) is 1. The van der Waals surface area contributed by atoms with Gasteiger partial charge in [-0.25, -0.2) is 0 Å². The summed E-state index contributed by atoms with van der Waals surface area (Å²) >= 11 is 0. The second kappa shape index (κ2) is 6.12. The summed E-state index contributed by atoms with van der Waals surface area (Å²) in [4.78, 5) is 13.5. The Balaban J connectivity index is 2.52. The fourth-order valence-electron chi connectivity index (χ4n) is 1.39. The van der Waals surface area contributed by atoms with E-state index in [4.69, 9.17) is 10.2 Å². The summed E-state index contributed by atoms with van der Waals surface area (Å²) in [5, 5.41) is 0. The van der Waals surface area contributed by atoms with Crippen LogP contribution in [0.2, 0.25) is 0 Å². The molecule has 16 heavy (non-hydrogen) atoms. The molecule has 1 rings (SSSR count). The number of amides is 1. The molecule has 0 saturated heterocycles. The molecule has 0 aliphatic heterocycles. The quantitative estimate of drug-likeness (QED) is 0.589. The molecule has 0 aromatic carbocycles. The van der Waals surface area contributed by atoms with Gasteiger partial charge in [-0.05, 0) is 18.9 Å². The first-order valence-electron chi connectivity index (χ1n) is 5.33. The third-order valence-corrected chi connectivity index (χ3v) is 2.35. The number of rotatable bonds is 6. The van der Waals surface area contributed by atoms with E-state index >= 15 is 0 Å². The topological polar surface area (TPSA) is 59.5 Å². The van der Waals surface area contributed by atoms with Crippen molar-refractivity contribution >= 4 is 5.91 Å². The second-order valence-corrected chi connectivity index (χ2v) is 3.66. The van der Waals surface area contributed by atoms with Crippen molar-refractivity contribution in [1.29, 1.82) is 0 Å². The molecule has 0 saturated carbocycles. The minimum atomic E-state index is -0.0347. The van der Waals surface area contributed by atoms with Crippen LogP contribution in [-0.4, -0.2) is 24.4 Å². The zero-order chi connectivity index (χ0) is 12.0. The number of hydrogen-bond acceptors (Lipinski definition) is 3. The van der Waals surface area contributed by atoms with Crippen molar-refractivity contribution < 1.29 is 9.21 Å². The Morgan fingerprint density at radius 1 is 1.69 bits per heavy atom. The average molecular weight is 222 g/mol. The molecule has 0 atom stereocenters. The fraction of sp³-hybridized carbons (Fsp3) is 0.417. The Morgan fingerprint density at radius 3 is 3.00 bits per heavy atom. The molecule has 1 aromatic heterocycles. The van der Waals surface area contributed by atoms with E-state index in [1.165, 1.54) is 6.26 Å². The predicted molar refractivity (Wildman–Crippen MR) is 63.0 cm³/mol. The van der Waals surface area contributed by atoms with E-state index in [9.17, 15) is 4.79 Å². The van der Waals surface area contributed by atoms with Crippen LogP contribution in [-0.2, 0) is 6.54 Å². The molecule has 0 spiro atoms.